The van der Waals surface area contributed by atoms with E-state index in [9.17, 15) is 0 Å². The van der Waals surface area contributed by atoms with Crippen molar-refractivity contribution in [2.45, 2.75) is 38.8 Å². The van der Waals surface area contributed by atoms with E-state index in [-0.39, 0.29) is 0 Å². The van der Waals surface area contributed by atoms with Crippen LogP contribution in [0.1, 0.15) is 38.4 Å². The van der Waals surface area contributed by atoms with Crippen molar-refractivity contribution >= 4 is 5.82 Å². The summed E-state index contributed by atoms with van der Waals surface area (Å²) in [5.74, 6) is 0.539. The molecule has 1 aliphatic heterocycles. The smallest absolute Gasteiger partial charge is 0.123 e. The highest BCUT2D eigenvalue weighted by Gasteiger charge is 2.28. The third-order valence-corrected chi connectivity index (χ3v) is 4.15. The molecule has 21 heavy (non-hydrogen) atoms. The number of pyridine rings is 2. The van der Waals surface area contributed by atoms with Gasteiger partial charge >= 0.3 is 0 Å². The molecule has 1 fully saturated rings. The summed E-state index contributed by atoms with van der Waals surface area (Å²) < 4.78 is 0. The van der Waals surface area contributed by atoms with Gasteiger partial charge in [-0.1, -0.05) is 6.07 Å². The maximum absolute atomic E-state index is 5.65. The van der Waals surface area contributed by atoms with Gasteiger partial charge in [-0.15, -0.1) is 0 Å². The standard InChI is InChI=1S/C17H22N4/c1-12(2)21-10-4-7-16(21)15-6-3-5-14(20-15)13-8-9-17(18)19-11-13/h3,5-6,8-9,11-12,16H,4,7,10H2,1-2H3,(H2,18,19)/t16-/m0/s1. The molecule has 0 bridgehead atoms. The molecule has 2 aromatic rings. The molecule has 4 nitrogen and oxygen atoms in total. The van der Waals surface area contributed by atoms with Crippen LogP contribution in [0, 0.1) is 0 Å². The third-order valence-electron chi connectivity index (χ3n) is 4.15. The minimum absolute atomic E-state index is 0.437. The van der Waals surface area contributed by atoms with E-state index in [4.69, 9.17) is 10.7 Å². The highest BCUT2D eigenvalue weighted by molar-refractivity contribution is 5.59. The summed E-state index contributed by atoms with van der Waals surface area (Å²) in [5, 5.41) is 0. The Morgan fingerprint density at radius 2 is 2.10 bits per heavy atom. The zero-order valence-electron chi connectivity index (χ0n) is 12.7. The van der Waals surface area contributed by atoms with Crippen LogP contribution >= 0.6 is 0 Å². The van der Waals surface area contributed by atoms with Crippen molar-refractivity contribution in [1.82, 2.24) is 14.9 Å². The molecule has 110 valence electrons. The van der Waals surface area contributed by atoms with Crippen LogP contribution in [-0.4, -0.2) is 27.5 Å². The normalized spacial score (nSPS) is 19.3. The van der Waals surface area contributed by atoms with Gasteiger partial charge in [-0.05, 0) is 57.5 Å². The number of likely N-dealkylation sites (tertiary alicyclic amines) is 1. The molecular weight excluding hydrogens is 260 g/mol. The predicted octanol–water partition coefficient (Wildman–Crippen LogP) is 3.27. The molecular formula is C17H22N4. The molecule has 1 atom stereocenters. The number of anilines is 1. The van der Waals surface area contributed by atoms with Crippen LogP contribution in [0.5, 0.6) is 0 Å². The second-order valence-corrected chi connectivity index (χ2v) is 5.91. The average molecular weight is 282 g/mol. The van der Waals surface area contributed by atoms with Crippen LogP contribution < -0.4 is 5.73 Å². The Morgan fingerprint density at radius 3 is 2.81 bits per heavy atom. The first kappa shape index (κ1) is 14.0. The summed E-state index contributed by atoms with van der Waals surface area (Å²) in [6.07, 6.45) is 4.23. The fourth-order valence-electron chi connectivity index (χ4n) is 3.08. The summed E-state index contributed by atoms with van der Waals surface area (Å²) in [6.45, 7) is 5.68. The molecule has 2 aromatic heterocycles. The van der Waals surface area contributed by atoms with E-state index in [1.807, 2.05) is 18.2 Å². The van der Waals surface area contributed by atoms with Gasteiger partial charge < -0.3 is 5.73 Å². The lowest BCUT2D eigenvalue weighted by Gasteiger charge is -2.28. The number of nitrogens with zero attached hydrogens (tertiary/aromatic N) is 3. The van der Waals surface area contributed by atoms with E-state index >= 15 is 0 Å². The molecule has 1 aliphatic rings. The SMILES string of the molecule is CC(C)N1CCC[C@H]1c1cccc(-c2ccc(N)nc2)n1. The molecule has 0 spiro atoms. The zero-order chi connectivity index (χ0) is 14.8. The minimum Gasteiger partial charge on any atom is -0.384 e. The Morgan fingerprint density at radius 1 is 1.24 bits per heavy atom. The molecule has 0 unspecified atom stereocenters. The van der Waals surface area contributed by atoms with Crippen LogP contribution in [-0.2, 0) is 0 Å². The van der Waals surface area contributed by atoms with Gasteiger partial charge in [0.05, 0.1) is 17.4 Å². The van der Waals surface area contributed by atoms with Crippen molar-refractivity contribution < 1.29 is 0 Å². The molecule has 4 heteroatoms. The molecule has 0 saturated carbocycles. The summed E-state index contributed by atoms with van der Waals surface area (Å²) >= 11 is 0. The van der Waals surface area contributed by atoms with Gasteiger partial charge in [0.15, 0.2) is 0 Å². The number of hydrogen-bond donors (Lipinski definition) is 1. The number of hydrogen-bond acceptors (Lipinski definition) is 4. The highest BCUT2D eigenvalue weighted by atomic mass is 15.2. The van der Waals surface area contributed by atoms with E-state index in [0.717, 1.165) is 23.5 Å². The molecule has 0 aliphatic carbocycles. The quantitative estimate of drug-likeness (QED) is 0.938. The van der Waals surface area contributed by atoms with E-state index in [1.165, 1.54) is 12.8 Å². The minimum atomic E-state index is 0.437. The van der Waals surface area contributed by atoms with E-state index in [2.05, 4.69) is 35.9 Å². The number of nitrogen functional groups attached to an aromatic ring is 1. The monoisotopic (exact) mass is 282 g/mol. The van der Waals surface area contributed by atoms with E-state index in [1.54, 1.807) is 6.20 Å². The largest absolute Gasteiger partial charge is 0.384 e. The summed E-state index contributed by atoms with van der Waals surface area (Å²) in [5.41, 5.74) is 8.79. The Bertz CT molecular complexity index is 606. The van der Waals surface area contributed by atoms with Gasteiger partial charge in [0, 0.05) is 17.8 Å². The van der Waals surface area contributed by atoms with Crippen molar-refractivity contribution in [3.05, 3.63) is 42.2 Å². The Labute approximate surface area is 126 Å². The van der Waals surface area contributed by atoms with Gasteiger partial charge in [0.25, 0.3) is 0 Å². The van der Waals surface area contributed by atoms with Crippen LogP contribution in [0.4, 0.5) is 5.82 Å². The summed E-state index contributed by atoms with van der Waals surface area (Å²) in [6, 6.07) is 11.0. The molecule has 3 rings (SSSR count). The fourth-order valence-corrected chi connectivity index (χ4v) is 3.08. The van der Waals surface area contributed by atoms with Crippen LogP contribution in [0.25, 0.3) is 11.3 Å². The second kappa shape index (κ2) is 5.82. The Kier molecular flexibility index (Phi) is 3.88. The van der Waals surface area contributed by atoms with Crippen LogP contribution in [0.3, 0.4) is 0 Å². The van der Waals surface area contributed by atoms with Crippen LogP contribution in [0.2, 0.25) is 0 Å². The number of aromatic nitrogens is 2. The van der Waals surface area contributed by atoms with Crippen molar-refractivity contribution in [3.8, 4) is 11.3 Å². The lowest BCUT2D eigenvalue weighted by molar-refractivity contribution is 0.202. The van der Waals surface area contributed by atoms with Gasteiger partial charge in [-0.25, -0.2) is 4.98 Å². The summed E-state index contributed by atoms with van der Waals surface area (Å²) in [4.78, 5) is 11.6. The molecule has 0 aromatic carbocycles. The zero-order valence-corrected chi connectivity index (χ0v) is 12.7. The van der Waals surface area contributed by atoms with Gasteiger partial charge in [-0.2, -0.15) is 0 Å². The Hall–Kier alpha value is -1.94. The predicted molar refractivity (Wildman–Crippen MR) is 85.7 cm³/mol. The fraction of sp³-hybridized carbons (Fsp3) is 0.412. The lowest BCUT2D eigenvalue weighted by Crippen LogP contribution is -2.30. The van der Waals surface area contributed by atoms with Gasteiger partial charge in [-0.3, -0.25) is 9.88 Å². The van der Waals surface area contributed by atoms with Crippen molar-refractivity contribution in [2.75, 3.05) is 12.3 Å². The first-order valence-electron chi connectivity index (χ1n) is 7.60. The number of rotatable bonds is 3. The maximum Gasteiger partial charge on any atom is 0.123 e. The molecule has 3 heterocycles. The van der Waals surface area contributed by atoms with Crippen molar-refractivity contribution in [2.24, 2.45) is 0 Å². The Balaban J connectivity index is 1.91. The maximum atomic E-state index is 5.65. The van der Waals surface area contributed by atoms with Crippen molar-refractivity contribution in [1.29, 1.82) is 0 Å². The third kappa shape index (κ3) is 2.90. The second-order valence-electron chi connectivity index (χ2n) is 5.91. The van der Waals surface area contributed by atoms with Gasteiger partial charge in [0.2, 0.25) is 0 Å². The van der Waals surface area contributed by atoms with Crippen molar-refractivity contribution in [3.63, 3.8) is 0 Å². The van der Waals surface area contributed by atoms with E-state index < -0.39 is 0 Å². The molecule has 0 amide bonds. The first-order chi connectivity index (χ1) is 10.1. The number of nitrogens with two attached hydrogens (primary N) is 1. The lowest BCUT2D eigenvalue weighted by atomic mass is 10.1. The summed E-state index contributed by atoms with van der Waals surface area (Å²) in [7, 11) is 0. The van der Waals surface area contributed by atoms with E-state index in [0.29, 0.717) is 17.9 Å². The topological polar surface area (TPSA) is 55.0 Å². The van der Waals surface area contributed by atoms with Crippen LogP contribution in [0.15, 0.2) is 36.5 Å². The average Bonchev–Trinajstić information content (AvgIpc) is 2.98. The highest BCUT2D eigenvalue weighted by Crippen LogP contribution is 2.33. The van der Waals surface area contributed by atoms with Gasteiger partial charge in [0.1, 0.15) is 5.82 Å². The molecule has 1 saturated heterocycles. The molecule has 2 N–H and O–H groups in total. The molecule has 0 radical (unpaired) electrons. The first-order valence-corrected chi connectivity index (χ1v) is 7.60.